The van der Waals surface area contributed by atoms with E-state index in [9.17, 15) is 4.79 Å². The Balaban J connectivity index is 2.27. The standard InChI is InChI=1S/C13H17NO2/c1-9-4-3-5-10(6-9)12(13(15)16-2)11-7-14-8-11/h3-6,11-12,14H,7-8H2,1-2H3. The number of aryl methyl sites for hydroxylation is 1. The molecule has 1 heterocycles. The van der Waals surface area contributed by atoms with E-state index < -0.39 is 0 Å². The van der Waals surface area contributed by atoms with E-state index in [1.165, 1.54) is 12.7 Å². The molecule has 0 saturated carbocycles. The van der Waals surface area contributed by atoms with Gasteiger partial charge in [-0.15, -0.1) is 0 Å². The highest BCUT2D eigenvalue weighted by Crippen LogP contribution is 2.29. The quantitative estimate of drug-likeness (QED) is 0.782. The molecule has 1 saturated heterocycles. The summed E-state index contributed by atoms with van der Waals surface area (Å²) in [6.45, 7) is 3.83. The molecule has 3 nitrogen and oxygen atoms in total. The Hall–Kier alpha value is -1.35. The van der Waals surface area contributed by atoms with Crippen molar-refractivity contribution in [2.45, 2.75) is 12.8 Å². The van der Waals surface area contributed by atoms with Crippen molar-refractivity contribution in [1.29, 1.82) is 0 Å². The van der Waals surface area contributed by atoms with Crippen molar-refractivity contribution in [3.8, 4) is 0 Å². The molecule has 0 spiro atoms. The highest BCUT2D eigenvalue weighted by atomic mass is 16.5. The molecule has 0 aliphatic carbocycles. The van der Waals surface area contributed by atoms with Crippen molar-refractivity contribution < 1.29 is 9.53 Å². The number of rotatable bonds is 3. The zero-order chi connectivity index (χ0) is 11.5. The minimum absolute atomic E-state index is 0.119. The van der Waals surface area contributed by atoms with E-state index in [1.54, 1.807) is 0 Å². The number of benzene rings is 1. The Morgan fingerprint density at radius 2 is 2.25 bits per heavy atom. The van der Waals surface area contributed by atoms with Gasteiger partial charge >= 0.3 is 5.97 Å². The Morgan fingerprint density at radius 1 is 1.50 bits per heavy atom. The molecule has 2 rings (SSSR count). The summed E-state index contributed by atoms with van der Waals surface area (Å²) >= 11 is 0. The van der Waals surface area contributed by atoms with Crippen molar-refractivity contribution in [3.63, 3.8) is 0 Å². The monoisotopic (exact) mass is 219 g/mol. The van der Waals surface area contributed by atoms with E-state index in [0.29, 0.717) is 5.92 Å². The van der Waals surface area contributed by atoms with Gasteiger partial charge in [0, 0.05) is 19.0 Å². The van der Waals surface area contributed by atoms with Gasteiger partial charge in [0.2, 0.25) is 0 Å². The van der Waals surface area contributed by atoms with Crippen LogP contribution in [0.25, 0.3) is 0 Å². The van der Waals surface area contributed by atoms with Crippen LogP contribution in [0.5, 0.6) is 0 Å². The van der Waals surface area contributed by atoms with Gasteiger partial charge in [0.15, 0.2) is 0 Å². The van der Waals surface area contributed by atoms with Gasteiger partial charge < -0.3 is 10.1 Å². The maximum absolute atomic E-state index is 11.8. The first-order valence-electron chi connectivity index (χ1n) is 5.57. The smallest absolute Gasteiger partial charge is 0.313 e. The fraction of sp³-hybridized carbons (Fsp3) is 0.462. The van der Waals surface area contributed by atoms with Crippen LogP contribution in [0.15, 0.2) is 24.3 Å². The fourth-order valence-corrected chi connectivity index (χ4v) is 2.14. The van der Waals surface area contributed by atoms with Crippen molar-refractivity contribution in [3.05, 3.63) is 35.4 Å². The summed E-state index contributed by atoms with van der Waals surface area (Å²) < 4.78 is 4.90. The maximum atomic E-state index is 11.8. The van der Waals surface area contributed by atoms with E-state index in [2.05, 4.69) is 11.4 Å². The first-order valence-corrected chi connectivity index (χ1v) is 5.57. The number of hydrogen-bond donors (Lipinski definition) is 1. The number of hydrogen-bond acceptors (Lipinski definition) is 3. The number of ether oxygens (including phenoxy) is 1. The van der Waals surface area contributed by atoms with Gasteiger partial charge in [0.1, 0.15) is 0 Å². The van der Waals surface area contributed by atoms with Crippen molar-refractivity contribution in [2.75, 3.05) is 20.2 Å². The summed E-state index contributed by atoms with van der Waals surface area (Å²) in [5.41, 5.74) is 2.25. The lowest BCUT2D eigenvalue weighted by atomic mass is 9.82. The summed E-state index contributed by atoms with van der Waals surface area (Å²) in [4.78, 5) is 11.8. The van der Waals surface area contributed by atoms with E-state index >= 15 is 0 Å². The molecule has 1 aromatic rings. The molecule has 0 bridgehead atoms. The van der Waals surface area contributed by atoms with E-state index in [4.69, 9.17) is 4.74 Å². The number of esters is 1. The lowest BCUT2D eigenvalue weighted by Crippen LogP contribution is -2.47. The lowest BCUT2D eigenvalue weighted by Gasteiger charge is -2.33. The first kappa shape index (κ1) is 11.1. The van der Waals surface area contributed by atoms with Crippen LogP contribution in [0, 0.1) is 12.8 Å². The Morgan fingerprint density at radius 3 is 2.75 bits per heavy atom. The van der Waals surface area contributed by atoms with Gasteiger partial charge in [-0.2, -0.15) is 0 Å². The predicted molar refractivity (Wildman–Crippen MR) is 62.3 cm³/mol. The van der Waals surface area contributed by atoms with Gasteiger partial charge in [-0.25, -0.2) is 0 Å². The molecule has 0 aromatic heterocycles. The van der Waals surface area contributed by atoms with Gasteiger partial charge in [-0.05, 0) is 12.5 Å². The van der Waals surface area contributed by atoms with Gasteiger partial charge in [0.05, 0.1) is 13.0 Å². The van der Waals surface area contributed by atoms with Crippen LogP contribution in [0.2, 0.25) is 0 Å². The second-order valence-electron chi connectivity index (χ2n) is 4.33. The molecule has 86 valence electrons. The van der Waals surface area contributed by atoms with E-state index in [-0.39, 0.29) is 11.9 Å². The van der Waals surface area contributed by atoms with Crippen molar-refractivity contribution in [2.24, 2.45) is 5.92 Å². The summed E-state index contributed by atoms with van der Waals surface area (Å²) in [5, 5.41) is 3.20. The van der Waals surface area contributed by atoms with Gasteiger partial charge in [-0.3, -0.25) is 4.79 Å². The second kappa shape index (κ2) is 4.66. The van der Waals surface area contributed by atoms with Crippen LogP contribution in [0.4, 0.5) is 0 Å². The van der Waals surface area contributed by atoms with Gasteiger partial charge in [0.25, 0.3) is 0 Å². The average molecular weight is 219 g/mol. The molecule has 16 heavy (non-hydrogen) atoms. The average Bonchev–Trinajstić information content (AvgIpc) is 2.22. The number of nitrogens with one attached hydrogen (secondary N) is 1. The van der Waals surface area contributed by atoms with Crippen LogP contribution < -0.4 is 5.32 Å². The molecular formula is C13H17NO2. The number of carbonyl (C=O) groups excluding carboxylic acids is 1. The minimum Gasteiger partial charge on any atom is -0.469 e. The largest absolute Gasteiger partial charge is 0.469 e. The van der Waals surface area contributed by atoms with Crippen LogP contribution in [-0.2, 0) is 9.53 Å². The molecule has 1 atom stereocenters. The molecule has 1 aromatic carbocycles. The molecule has 3 heteroatoms. The SMILES string of the molecule is COC(=O)C(c1cccc(C)c1)C1CNC1. The van der Waals surface area contributed by atoms with E-state index in [1.807, 2.05) is 25.1 Å². The van der Waals surface area contributed by atoms with Crippen LogP contribution in [-0.4, -0.2) is 26.2 Å². The Bertz CT molecular complexity index is 385. The van der Waals surface area contributed by atoms with Crippen LogP contribution in [0.3, 0.4) is 0 Å². The molecule has 0 amide bonds. The predicted octanol–water partition coefficient (Wildman–Crippen LogP) is 1.47. The van der Waals surface area contributed by atoms with Crippen molar-refractivity contribution in [1.82, 2.24) is 5.32 Å². The lowest BCUT2D eigenvalue weighted by molar-refractivity contribution is -0.144. The molecule has 1 N–H and O–H groups in total. The first-order chi connectivity index (χ1) is 7.72. The van der Waals surface area contributed by atoms with Crippen molar-refractivity contribution >= 4 is 5.97 Å². The highest BCUT2D eigenvalue weighted by molar-refractivity contribution is 5.78. The zero-order valence-corrected chi connectivity index (χ0v) is 9.69. The minimum atomic E-state index is -0.128. The molecule has 1 aliphatic rings. The van der Waals surface area contributed by atoms with Gasteiger partial charge in [-0.1, -0.05) is 29.8 Å². The van der Waals surface area contributed by atoms with Crippen LogP contribution >= 0.6 is 0 Å². The van der Waals surface area contributed by atoms with E-state index in [0.717, 1.165) is 18.7 Å². The molecule has 1 unspecified atom stereocenters. The number of carbonyl (C=O) groups is 1. The summed E-state index contributed by atoms with van der Waals surface area (Å²) in [6, 6.07) is 8.11. The highest BCUT2D eigenvalue weighted by Gasteiger charge is 2.34. The topological polar surface area (TPSA) is 38.3 Å². The third kappa shape index (κ3) is 2.09. The fourth-order valence-electron chi connectivity index (χ4n) is 2.14. The molecule has 1 fully saturated rings. The zero-order valence-electron chi connectivity index (χ0n) is 9.69. The molecule has 1 aliphatic heterocycles. The second-order valence-corrected chi connectivity index (χ2v) is 4.33. The third-order valence-corrected chi connectivity index (χ3v) is 3.14. The summed E-state index contributed by atoms with van der Waals surface area (Å²) in [6.07, 6.45) is 0. The number of methoxy groups -OCH3 is 1. The third-order valence-electron chi connectivity index (χ3n) is 3.14. The molecular weight excluding hydrogens is 202 g/mol. The normalized spacial score (nSPS) is 17.6. The summed E-state index contributed by atoms with van der Waals surface area (Å²) in [7, 11) is 1.46. The Labute approximate surface area is 95.8 Å². The summed E-state index contributed by atoms with van der Waals surface area (Å²) in [5.74, 6) is 0.123. The molecule has 0 radical (unpaired) electrons. The Kier molecular flexibility index (Phi) is 3.25. The van der Waals surface area contributed by atoms with Crippen LogP contribution in [0.1, 0.15) is 17.0 Å². The maximum Gasteiger partial charge on any atom is 0.313 e.